The average molecular weight is 359 g/mol. The lowest BCUT2D eigenvalue weighted by Crippen LogP contribution is -2.53. The summed E-state index contributed by atoms with van der Waals surface area (Å²) in [4.78, 5) is 2.84. The smallest absolute Gasteiger partial charge is 0.192 e. The summed E-state index contributed by atoms with van der Waals surface area (Å²) < 4.78 is 23.7. The van der Waals surface area contributed by atoms with Crippen LogP contribution < -0.4 is 0 Å². The van der Waals surface area contributed by atoms with Crippen LogP contribution >= 0.6 is 0 Å². The largest absolute Gasteiger partial charge is 0.414 e. The number of aliphatic hydroxyl groups is 1. The number of aliphatic hydroxyl groups excluding tert-OH is 1. The van der Waals surface area contributed by atoms with E-state index in [0.717, 1.165) is 0 Å². The minimum Gasteiger partial charge on any atom is -0.414 e. The molecule has 9 heteroatoms. The lowest BCUT2D eigenvalue weighted by Gasteiger charge is -2.40. The zero-order chi connectivity index (χ0) is 18.4. The van der Waals surface area contributed by atoms with Crippen LogP contribution in [-0.4, -0.2) is 56.5 Å². The molecule has 0 aromatic heterocycles. The maximum atomic E-state index is 10.2. The predicted molar refractivity (Wildman–Crippen MR) is 90.8 cm³/mol. The Balaban J connectivity index is 2.26. The van der Waals surface area contributed by atoms with Gasteiger partial charge in [0.1, 0.15) is 17.8 Å². The molecule has 0 saturated carbocycles. The third-order valence-corrected chi connectivity index (χ3v) is 9.65. The molecule has 2 aliphatic rings. The van der Waals surface area contributed by atoms with Gasteiger partial charge >= 0.3 is 0 Å². The predicted octanol–water partition coefficient (Wildman–Crippen LogP) is 2.93. The summed E-state index contributed by atoms with van der Waals surface area (Å²) in [6.07, 6.45) is -2.33. The van der Waals surface area contributed by atoms with Crippen molar-refractivity contribution in [2.24, 2.45) is 5.11 Å². The van der Waals surface area contributed by atoms with Crippen molar-refractivity contribution in [1.82, 2.24) is 0 Å². The van der Waals surface area contributed by atoms with Crippen molar-refractivity contribution in [2.75, 3.05) is 13.2 Å². The number of fused-ring (bicyclic) bond motifs is 1. The lowest BCUT2D eigenvalue weighted by molar-refractivity contribution is -0.246. The van der Waals surface area contributed by atoms with Crippen molar-refractivity contribution in [3.8, 4) is 0 Å². The van der Waals surface area contributed by atoms with Gasteiger partial charge in [0.05, 0.1) is 13.2 Å². The highest BCUT2D eigenvalue weighted by Crippen LogP contribution is 2.45. The van der Waals surface area contributed by atoms with E-state index in [1.807, 2.05) is 0 Å². The molecule has 0 aromatic rings. The van der Waals surface area contributed by atoms with E-state index in [9.17, 15) is 5.11 Å². The average Bonchev–Trinajstić information content (AvgIpc) is 2.88. The van der Waals surface area contributed by atoms with Crippen LogP contribution in [0.1, 0.15) is 34.6 Å². The summed E-state index contributed by atoms with van der Waals surface area (Å²) in [5.41, 5.74) is 7.69. The molecule has 2 saturated heterocycles. The van der Waals surface area contributed by atoms with E-state index in [1.54, 1.807) is 13.8 Å². The number of ether oxygens (including phenoxy) is 3. The molecule has 138 valence electrons. The van der Waals surface area contributed by atoms with Gasteiger partial charge in [-0.1, -0.05) is 25.9 Å². The molecule has 0 radical (unpaired) electrons. The van der Waals surface area contributed by atoms with Crippen LogP contribution in [0.3, 0.4) is 0 Å². The lowest BCUT2D eigenvalue weighted by atomic mass is 9.96. The fourth-order valence-electron chi connectivity index (χ4n) is 2.74. The van der Waals surface area contributed by atoms with E-state index in [1.165, 1.54) is 0 Å². The standard InChI is InChI=1S/C15H29N3O5Si/c1-13(2,3)24(6,7)20-9-15(8-17-18-16)11-10(12(19)23-15)21-14(4,5)22-11/h10-12,19H,8-9H2,1-7H3/t10-,11+,12?,15-/m0/s1. The Hall–Kier alpha value is -0.673. The van der Waals surface area contributed by atoms with Crippen LogP contribution in [0.2, 0.25) is 18.1 Å². The molecule has 0 amide bonds. The Bertz CT molecular complexity index is 530. The molecule has 24 heavy (non-hydrogen) atoms. The Kier molecular flexibility index (Phi) is 5.11. The Labute approximate surface area is 144 Å². The highest BCUT2D eigenvalue weighted by atomic mass is 28.4. The first-order chi connectivity index (χ1) is 10.8. The van der Waals surface area contributed by atoms with Gasteiger partial charge in [0.15, 0.2) is 20.4 Å². The van der Waals surface area contributed by atoms with Gasteiger partial charge in [0.2, 0.25) is 0 Å². The Morgan fingerprint density at radius 1 is 1.25 bits per heavy atom. The van der Waals surface area contributed by atoms with Crippen LogP contribution in [0, 0.1) is 0 Å². The minimum atomic E-state index is -2.05. The van der Waals surface area contributed by atoms with Gasteiger partial charge in [-0.15, -0.1) is 0 Å². The van der Waals surface area contributed by atoms with Crippen LogP contribution in [-0.2, 0) is 18.6 Å². The second-order valence-corrected chi connectivity index (χ2v) is 13.3. The first kappa shape index (κ1) is 19.6. The fourth-order valence-corrected chi connectivity index (χ4v) is 3.78. The summed E-state index contributed by atoms with van der Waals surface area (Å²) in [5.74, 6) is -0.835. The van der Waals surface area contributed by atoms with Gasteiger partial charge in [-0.05, 0) is 37.5 Å². The van der Waals surface area contributed by atoms with Gasteiger partial charge in [0.25, 0.3) is 0 Å². The zero-order valence-corrected chi connectivity index (χ0v) is 16.6. The molecule has 2 aliphatic heterocycles. The summed E-state index contributed by atoms with van der Waals surface area (Å²) in [5, 5.41) is 13.9. The molecule has 0 aliphatic carbocycles. The van der Waals surface area contributed by atoms with E-state index in [0.29, 0.717) is 0 Å². The van der Waals surface area contributed by atoms with Crippen LogP contribution in [0.15, 0.2) is 5.11 Å². The third-order valence-electron chi connectivity index (χ3n) is 5.17. The molecule has 0 spiro atoms. The number of rotatable bonds is 5. The highest BCUT2D eigenvalue weighted by molar-refractivity contribution is 6.74. The van der Waals surface area contributed by atoms with Crippen LogP contribution in [0.4, 0.5) is 0 Å². The maximum absolute atomic E-state index is 10.2. The summed E-state index contributed by atoms with van der Waals surface area (Å²) in [7, 11) is -2.05. The summed E-state index contributed by atoms with van der Waals surface area (Å²) in [6, 6.07) is 0. The monoisotopic (exact) mass is 359 g/mol. The van der Waals surface area contributed by atoms with E-state index >= 15 is 0 Å². The fraction of sp³-hybridized carbons (Fsp3) is 1.00. The first-order valence-corrected chi connectivity index (χ1v) is 11.1. The molecule has 2 fully saturated rings. The second kappa shape index (κ2) is 6.24. The Morgan fingerprint density at radius 3 is 2.42 bits per heavy atom. The van der Waals surface area contributed by atoms with Gasteiger partial charge in [-0.3, -0.25) is 0 Å². The quantitative estimate of drug-likeness (QED) is 0.351. The van der Waals surface area contributed by atoms with E-state index in [-0.39, 0.29) is 18.2 Å². The first-order valence-electron chi connectivity index (χ1n) is 8.20. The van der Waals surface area contributed by atoms with Crippen molar-refractivity contribution < 1.29 is 23.7 Å². The van der Waals surface area contributed by atoms with E-state index < -0.39 is 38.2 Å². The molecule has 0 aromatic carbocycles. The maximum Gasteiger partial charge on any atom is 0.192 e. The summed E-state index contributed by atoms with van der Waals surface area (Å²) >= 11 is 0. The Morgan fingerprint density at radius 2 is 1.88 bits per heavy atom. The molecule has 1 N–H and O–H groups in total. The molecule has 2 heterocycles. The van der Waals surface area contributed by atoms with Crippen molar-refractivity contribution in [3.05, 3.63) is 10.4 Å². The third kappa shape index (κ3) is 3.62. The molecule has 1 unspecified atom stereocenters. The van der Waals surface area contributed by atoms with Crippen molar-refractivity contribution in [2.45, 2.75) is 82.6 Å². The van der Waals surface area contributed by atoms with Crippen molar-refractivity contribution in [3.63, 3.8) is 0 Å². The number of hydrogen-bond donors (Lipinski definition) is 1. The summed E-state index contributed by atoms with van der Waals surface area (Å²) in [6.45, 7) is 14.5. The van der Waals surface area contributed by atoms with E-state index in [2.05, 4.69) is 43.9 Å². The van der Waals surface area contributed by atoms with Gasteiger partial charge in [-0.2, -0.15) is 0 Å². The van der Waals surface area contributed by atoms with Gasteiger partial charge in [0, 0.05) is 4.91 Å². The molecular weight excluding hydrogens is 330 g/mol. The SMILES string of the molecule is CC1(C)O[C@@H]2C(O)O[C@@](CN=[N+]=[N-])(CO[Si](C)(C)C(C)(C)C)[C@@H]2O1. The molecule has 4 atom stereocenters. The molecule has 0 bridgehead atoms. The normalized spacial score (nSPS) is 35.6. The van der Waals surface area contributed by atoms with Crippen molar-refractivity contribution in [1.29, 1.82) is 0 Å². The zero-order valence-electron chi connectivity index (χ0n) is 15.6. The number of hydrogen-bond acceptors (Lipinski definition) is 6. The molecule has 2 rings (SSSR count). The second-order valence-electron chi connectivity index (χ2n) is 8.53. The van der Waals surface area contributed by atoms with Gasteiger partial charge < -0.3 is 23.7 Å². The van der Waals surface area contributed by atoms with Gasteiger partial charge in [-0.25, -0.2) is 0 Å². The number of nitrogens with zero attached hydrogens (tertiary/aromatic N) is 3. The van der Waals surface area contributed by atoms with Crippen LogP contribution in [0.25, 0.3) is 10.4 Å². The van der Waals surface area contributed by atoms with E-state index in [4.69, 9.17) is 24.2 Å². The molecule has 8 nitrogen and oxygen atoms in total. The highest BCUT2D eigenvalue weighted by Gasteiger charge is 2.63. The van der Waals surface area contributed by atoms with Crippen LogP contribution in [0.5, 0.6) is 0 Å². The van der Waals surface area contributed by atoms with Crippen molar-refractivity contribution >= 4 is 8.32 Å². The minimum absolute atomic E-state index is 0.00971. The number of azide groups is 1. The topological polar surface area (TPSA) is 106 Å². The molecular formula is C15H29N3O5Si.